The number of halogens is 1. The van der Waals surface area contributed by atoms with Crippen molar-refractivity contribution in [3.63, 3.8) is 0 Å². The van der Waals surface area contributed by atoms with E-state index in [1.165, 1.54) is 11.1 Å². The zero-order valence-electron chi connectivity index (χ0n) is 17.8. The summed E-state index contributed by atoms with van der Waals surface area (Å²) in [6, 6.07) is 26.8. The molecule has 3 aromatic rings. The van der Waals surface area contributed by atoms with Crippen LogP contribution in [0.3, 0.4) is 0 Å². The lowest BCUT2D eigenvalue weighted by molar-refractivity contribution is 1.05. The highest BCUT2D eigenvalue weighted by molar-refractivity contribution is 6.19. The van der Waals surface area contributed by atoms with Crippen LogP contribution in [-0.2, 0) is 0 Å². The molecule has 0 aromatic heterocycles. The van der Waals surface area contributed by atoms with Crippen LogP contribution in [0.1, 0.15) is 29.5 Å². The van der Waals surface area contributed by atoms with Crippen LogP contribution in [0.2, 0.25) is 0 Å². The number of nitrogens with zero attached hydrogens (tertiary/aromatic N) is 3. The van der Waals surface area contributed by atoms with E-state index >= 15 is 0 Å². The van der Waals surface area contributed by atoms with Crippen molar-refractivity contribution in [2.24, 2.45) is 15.0 Å². The summed E-state index contributed by atoms with van der Waals surface area (Å²) in [6.07, 6.45) is 8.61. The summed E-state index contributed by atoms with van der Waals surface area (Å²) in [5, 5.41) is 0. The number of hydrogen-bond donors (Lipinski definition) is 0. The maximum absolute atomic E-state index is 5.94. The Morgan fingerprint density at radius 1 is 0.781 bits per heavy atom. The third kappa shape index (κ3) is 5.19. The zero-order valence-corrected chi connectivity index (χ0v) is 18.5. The van der Waals surface area contributed by atoms with E-state index < -0.39 is 0 Å². The fraction of sp³-hybridized carbons (Fsp3) is 0.107. The average molecular weight is 438 g/mol. The predicted octanol–water partition coefficient (Wildman–Crippen LogP) is 7.18. The van der Waals surface area contributed by atoms with Gasteiger partial charge in [-0.2, -0.15) is 0 Å². The van der Waals surface area contributed by atoms with Gasteiger partial charge in [0.2, 0.25) is 0 Å². The first-order chi connectivity index (χ1) is 15.8. The van der Waals surface area contributed by atoms with Crippen molar-refractivity contribution in [1.29, 1.82) is 0 Å². The predicted molar refractivity (Wildman–Crippen MR) is 138 cm³/mol. The van der Waals surface area contributed by atoms with E-state index in [2.05, 4.69) is 71.3 Å². The molecule has 0 atom stereocenters. The Labute approximate surface area is 194 Å². The highest BCUT2D eigenvalue weighted by Gasteiger charge is 2.09. The van der Waals surface area contributed by atoms with Crippen LogP contribution in [0.15, 0.2) is 112 Å². The van der Waals surface area contributed by atoms with Crippen molar-refractivity contribution < 1.29 is 0 Å². The van der Waals surface area contributed by atoms with Crippen molar-refractivity contribution in [1.82, 2.24) is 0 Å². The SMILES string of the molecule is C=NC(=NC(=NCCl)c1ccc(-c2ccccc2)cc1)c1ccc(C2=CC=CCC2)cc1. The van der Waals surface area contributed by atoms with Crippen molar-refractivity contribution in [3.8, 4) is 11.1 Å². The number of alkyl halides is 1. The van der Waals surface area contributed by atoms with Crippen LogP contribution in [-0.4, -0.2) is 24.4 Å². The maximum atomic E-state index is 5.94. The first-order valence-electron chi connectivity index (χ1n) is 10.6. The summed E-state index contributed by atoms with van der Waals surface area (Å²) < 4.78 is 0. The molecule has 0 aliphatic heterocycles. The van der Waals surface area contributed by atoms with Crippen LogP contribution in [0, 0.1) is 0 Å². The summed E-state index contributed by atoms with van der Waals surface area (Å²) in [4.78, 5) is 13.3. The second-order valence-electron chi connectivity index (χ2n) is 7.37. The molecule has 32 heavy (non-hydrogen) atoms. The van der Waals surface area contributed by atoms with Gasteiger partial charge in [-0.1, -0.05) is 97.1 Å². The highest BCUT2D eigenvalue weighted by Crippen LogP contribution is 2.24. The molecule has 4 heteroatoms. The van der Waals surface area contributed by atoms with Crippen molar-refractivity contribution >= 4 is 35.6 Å². The minimum absolute atomic E-state index is 0.115. The van der Waals surface area contributed by atoms with Crippen LogP contribution < -0.4 is 0 Å². The lowest BCUT2D eigenvalue weighted by atomic mass is 9.96. The molecule has 0 N–H and O–H groups in total. The minimum Gasteiger partial charge on any atom is -0.250 e. The monoisotopic (exact) mass is 437 g/mol. The van der Waals surface area contributed by atoms with Gasteiger partial charge >= 0.3 is 0 Å². The molecule has 0 amide bonds. The van der Waals surface area contributed by atoms with Gasteiger partial charge in [-0.15, -0.1) is 11.6 Å². The number of rotatable bonds is 5. The molecule has 158 valence electrons. The zero-order chi connectivity index (χ0) is 22.2. The third-order valence-electron chi connectivity index (χ3n) is 5.35. The Balaban J connectivity index is 1.61. The van der Waals surface area contributed by atoms with E-state index in [0.29, 0.717) is 11.7 Å². The maximum Gasteiger partial charge on any atom is 0.161 e. The van der Waals surface area contributed by atoms with Crippen LogP contribution in [0.25, 0.3) is 16.7 Å². The number of allylic oxidation sites excluding steroid dienone is 4. The largest absolute Gasteiger partial charge is 0.250 e. The van der Waals surface area contributed by atoms with E-state index in [-0.39, 0.29) is 6.00 Å². The topological polar surface area (TPSA) is 37.1 Å². The summed E-state index contributed by atoms with van der Waals surface area (Å²) in [7, 11) is 0. The molecule has 0 saturated carbocycles. The molecule has 0 heterocycles. The fourth-order valence-corrected chi connectivity index (χ4v) is 3.77. The van der Waals surface area contributed by atoms with Crippen LogP contribution in [0.4, 0.5) is 0 Å². The third-order valence-corrected chi connectivity index (χ3v) is 5.47. The minimum atomic E-state index is 0.115. The molecule has 0 fully saturated rings. The van der Waals surface area contributed by atoms with E-state index in [4.69, 9.17) is 16.6 Å². The first kappa shape index (κ1) is 21.7. The van der Waals surface area contributed by atoms with Crippen molar-refractivity contribution in [2.75, 3.05) is 6.00 Å². The van der Waals surface area contributed by atoms with E-state index in [0.717, 1.165) is 35.1 Å². The Hall–Kier alpha value is -3.56. The summed E-state index contributed by atoms with van der Waals surface area (Å²) in [5.74, 6) is 1.05. The fourth-order valence-electron chi connectivity index (χ4n) is 3.66. The molecule has 4 rings (SSSR count). The number of benzene rings is 3. The van der Waals surface area contributed by atoms with Gasteiger partial charge in [-0.3, -0.25) is 0 Å². The highest BCUT2D eigenvalue weighted by atomic mass is 35.5. The molecule has 0 saturated heterocycles. The lowest BCUT2D eigenvalue weighted by Crippen LogP contribution is -2.05. The smallest absolute Gasteiger partial charge is 0.161 e. The number of hydrogen-bond acceptors (Lipinski definition) is 1. The Bertz CT molecular complexity index is 1190. The second kappa shape index (κ2) is 10.7. The van der Waals surface area contributed by atoms with E-state index in [9.17, 15) is 0 Å². The van der Waals surface area contributed by atoms with Gasteiger partial charge in [0.15, 0.2) is 11.7 Å². The van der Waals surface area contributed by atoms with Gasteiger partial charge in [-0.05, 0) is 41.8 Å². The molecule has 0 bridgehead atoms. The molecular formula is C28H24ClN3. The molecular weight excluding hydrogens is 414 g/mol. The van der Waals surface area contributed by atoms with Crippen molar-refractivity contribution in [2.45, 2.75) is 12.8 Å². The number of amidine groups is 2. The molecule has 1 aliphatic carbocycles. The Kier molecular flexibility index (Phi) is 7.21. The summed E-state index contributed by atoms with van der Waals surface area (Å²) in [5.41, 5.74) is 6.62. The van der Waals surface area contributed by atoms with Crippen molar-refractivity contribution in [3.05, 3.63) is 114 Å². The van der Waals surface area contributed by atoms with Gasteiger partial charge in [0.25, 0.3) is 0 Å². The van der Waals surface area contributed by atoms with Gasteiger partial charge in [0, 0.05) is 11.1 Å². The van der Waals surface area contributed by atoms with Crippen LogP contribution in [0.5, 0.6) is 0 Å². The molecule has 0 unspecified atom stereocenters. The molecule has 1 aliphatic rings. The summed E-state index contributed by atoms with van der Waals surface area (Å²) in [6.45, 7) is 3.72. The Morgan fingerprint density at radius 3 is 2.00 bits per heavy atom. The van der Waals surface area contributed by atoms with Crippen LogP contribution >= 0.6 is 11.6 Å². The molecule has 0 spiro atoms. The van der Waals surface area contributed by atoms with Gasteiger partial charge < -0.3 is 0 Å². The molecule has 0 radical (unpaired) electrons. The van der Waals surface area contributed by atoms with Gasteiger partial charge in [0.1, 0.15) is 6.00 Å². The van der Waals surface area contributed by atoms with E-state index in [1.54, 1.807) is 0 Å². The Morgan fingerprint density at radius 2 is 1.41 bits per heavy atom. The summed E-state index contributed by atoms with van der Waals surface area (Å²) >= 11 is 5.94. The standard InChI is InChI=1S/C28H24ClN3/c1-30-27(25-16-12-23(13-17-25)21-8-4-2-5-9-21)32-28(31-20-29)26-18-14-24(15-19-26)22-10-6-3-7-11-22/h2-4,6-8,10-19H,1,5,9,20H2. The quantitative estimate of drug-likeness (QED) is 0.175. The normalized spacial score (nSPS) is 14.2. The molecule has 3 nitrogen and oxygen atoms in total. The average Bonchev–Trinajstić information content (AvgIpc) is 2.88. The first-order valence-corrected chi connectivity index (χ1v) is 11.1. The van der Waals surface area contributed by atoms with Gasteiger partial charge in [0.05, 0.1) is 0 Å². The van der Waals surface area contributed by atoms with Gasteiger partial charge in [-0.25, -0.2) is 15.0 Å². The lowest BCUT2D eigenvalue weighted by Gasteiger charge is -2.10. The molecule has 3 aromatic carbocycles. The number of aliphatic imine (C=N–C) groups is 3. The van der Waals surface area contributed by atoms with E-state index in [1.807, 2.05) is 42.5 Å². The second-order valence-corrected chi connectivity index (χ2v) is 7.61.